The van der Waals surface area contributed by atoms with Crippen molar-refractivity contribution < 1.29 is 19.4 Å². The fourth-order valence-corrected chi connectivity index (χ4v) is 2.33. The molecule has 0 radical (unpaired) electrons. The van der Waals surface area contributed by atoms with Crippen molar-refractivity contribution in [2.75, 3.05) is 7.11 Å². The van der Waals surface area contributed by atoms with Gasteiger partial charge in [-0.2, -0.15) is 0 Å². The first-order valence-corrected chi connectivity index (χ1v) is 5.96. The van der Waals surface area contributed by atoms with E-state index in [9.17, 15) is 9.59 Å². The van der Waals surface area contributed by atoms with Gasteiger partial charge in [0.2, 0.25) is 5.78 Å². The molecule has 0 aliphatic heterocycles. The number of carboxylic acid groups (broad SMARTS) is 1. The summed E-state index contributed by atoms with van der Waals surface area (Å²) in [4.78, 5) is 23.7. The van der Waals surface area contributed by atoms with Crippen molar-refractivity contribution in [3.63, 3.8) is 0 Å². The summed E-state index contributed by atoms with van der Waals surface area (Å²) in [6, 6.07) is 9.48. The van der Waals surface area contributed by atoms with Crippen LogP contribution in [0.4, 0.5) is 0 Å². The predicted molar refractivity (Wildman–Crippen MR) is 67.7 cm³/mol. The van der Waals surface area contributed by atoms with Gasteiger partial charge in [-0.15, -0.1) is 0 Å². The summed E-state index contributed by atoms with van der Waals surface area (Å²) < 4.78 is 5.01. The maximum absolute atomic E-state index is 12.2. The maximum Gasteiger partial charge on any atom is 0.336 e. The molecule has 0 saturated heterocycles. The molecule has 0 bridgehead atoms. The van der Waals surface area contributed by atoms with Crippen LogP contribution in [0.5, 0.6) is 5.06 Å². The third-order valence-electron chi connectivity index (χ3n) is 2.41. The zero-order valence-electron chi connectivity index (χ0n) is 9.54. The van der Waals surface area contributed by atoms with Gasteiger partial charge in [-0.05, 0) is 18.2 Å². The largest absolute Gasteiger partial charge is 0.487 e. The van der Waals surface area contributed by atoms with E-state index < -0.39 is 5.97 Å². The van der Waals surface area contributed by atoms with Crippen molar-refractivity contribution in [1.82, 2.24) is 0 Å². The second kappa shape index (κ2) is 5.01. The van der Waals surface area contributed by atoms with Crippen LogP contribution in [0.15, 0.2) is 36.4 Å². The zero-order valence-corrected chi connectivity index (χ0v) is 10.4. The van der Waals surface area contributed by atoms with Gasteiger partial charge in [0, 0.05) is 5.56 Å². The number of carbonyl (C=O) groups excluding carboxylic acids is 1. The van der Waals surface area contributed by atoms with Gasteiger partial charge in [0.25, 0.3) is 0 Å². The molecule has 0 saturated carbocycles. The summed E-state index contributed by atoms with van der Waals surface area (Å²) in [6.07, 6.45) is 0. The first-order valence-electron chi connectivity index (χ1n) is 5.14. The second-order valence-electron chi connectivity index (χ2n) is 3.50. The Morgan fingerprint density at radius 1 is 1.11 bits per heavy atom. The standard InChI is InChI=1S/C13H10O4S/c1-17-11-7-6-10(18-11)12(14)8-4-2-3-5-9(8)13(15)16/h2-7H,1H3,(H,15,16). The SMILES string of the molecule is COc1ccc(C(=O)c2ccccc2C(=O)O)s1. The number of carbonyl (C=O) groups is 2. The molecule has 0 aliphatic carbocycles. The molecule has 1 aromatic heterocycles. The third kappa shape index (κ3) is 2.26. The van der Waals surface area contributed by atoms with E-state index in [0.29, 0.717) is 9.94 Å². The smallest absolute Gasteiger partial charge is 0.336 e. The summed E-state index contributed by atoms with van der Waals surface area (Å²) in [7, 11) is 1.52. The Hall–Kier alpha value is -2.14. The lowest BCUT2D eigenvalue weighted by atomic mass is 10.0. The first-order chi connectivity index (χ1) is 8.63. The van der Waals surface area contributed by atoms with Crippen molar-refractivity contribution in [3.8, 4) is 5.06 Å². The van der Waals surface area contributed by atoms with Crippen LogP contribution in [-0.2, 0) is 0 Å². The van der Waals surface area contributed by atoms with Crippen LogP contribution in [0, 0.1) is 0 Å². The molecular formula is C13H10O4S. The minimum atomic E-state index is -1.11. The van der Waals surface area contributed by atoms with Gasteiger partial charge in [0.05, 0.1) is 17.6 Å². The molecule has 0 amide bonds. The minimum Gasteiger partial charge on any atom is -0.487 e. The van der Waals surface area contributed by atoms with Crippen molar-refractivity contribution in [2.45, 2.75) is 0 Å². The molecule has 1 aromatic carbocycles. The van der Waals surface area contributed by atoms with E-state index in [0.717, 1.165) is 0 Å². The number of carboxylic acids is 1. The van der Waals surface area contributed by atoms with Crippen LogP contribution in [0.2, 0.25) is 0 Å². The van der Waals surface area contributed by atoms with Gasteiger partial charge in [0.1, 0.15) is 0 Å². The van der Waals surface area contributed by atoms with Crippen LogP contribution in [0.3, 0.4) is 0 Å². The molecule has 2 aromatic rings. The van der Waals surface area contributed by atoms with Crippen molar-refractivity contribution in [1.29, 1.82) is 0 Å². The Labute approximate surface area is 107 Å². The van der Waals surface area contributed by atoms with Crippen molar-refractivity contribution in [2.24, 2.45) is 0 Å². The molecule has 2 rings (SSSR count). The summed E-state index contributed by atoms with van der Waals surface area (Å²) in [5.74, 6) is -1.41. The third-order valence-corrected chi connectivity index (χ3v) is 3.45. The van der Waals surface area contributed by atoms with Crippen LogP contribution in [-0.4, -0.2) is 24.0 Å². The maximum atomic E-state index is 12.2. The predicted octanol–water partition coefficient (Wildman–Crippen LogP) is 2.69. The average Bonchev–Trinajstić information content (AvgIpc) is 2.86. The fourth-order valence-electron chi connectivity index (χ4n) is 1.55. The van der Waals surface area contributed by atoms with E-state index in [-0.39, 0.29) is 16.9 Å². The van der Waals surface area contributed by atoms with E-state index in [4.69, 9.17) is 9.84 Å². The van der Waals surface area contributed by atoms with E-state index in [1.165, 1.54) is 30.6 Å². The van der Waals surface area contributed by atoms with Gasteiger partial charge in [0.15, 0.2) is 5.06 Å². The molecule has 1 heterocycles. The highest BCUT2D eigenvalue weighted by Gasteiger charge is 2.18. The van der Waals surface area contributed by atoms with Crippen molar-refractivity contribution >= 4 is 23.1 Å². The van der Waals surface area contributed by atoms with Gasteiger partial charge in [-0.25, -0.2) is 4.79 Å². The summed E-state index contributed by atoms with van der Waals surface area (Å²) in [6.45, 7) is 0. The Bertz CT molecular complexity index is 601. The molecule has 92 valence electrons. The quantitative estimate of drug-likeness (QED) is 0.860. The van der Waals surface area contributed by atoms with Crippen LogP contribution in [0.25, 0.3) is 0 Å². The molecule has 0 atom stereocenters. The Kier molecular flexibility index (Phi) is 3.43. The first kappa shape index (κ1) is 12.3. The number of aromatic carboxylic acids is 1. The van der Waals surface area contributed by atoms with Gasteiger partial charge in [-0.1, -0.05) is 29.5 Å². The normalized spacial score (nSPS) is 10.1. The molecule has 0 aliphatic rings. The van der Waals surface area contributed by atoms with Crippen LogP contribution in [0.1, 0.15) is 25.6 Å². The number of ketones is 1. The molecule has 0 spiro atoms. The molecule has 0 unspecified atom stereocenters. The van der Waals surface area contributed by atoms with E-state index in [1.807, 2.05) is 0 Å². The van der Waals surface area contributed by atoms with Crippen LogP contribution < -0.4 is 4.74 Å². The van der Waals surface area contributed by atoms with Gasteiger partial charge in [-0.3, -0.25) is 4.79 Å². The molecular weight excluding hydrogens is 252 g/mol. The molecule has 1 N–H and O–H groups in total. The van der Waals surface area contributed by atoms with Crippen LogP contribution >= 0.6 is 11.3 Å². The molecule has 4 nitrogen and oxygen atoms in total. The molecule has 18 heavy (non-hydrogen) atoms. The van der Waals surface area contributed by atoms with Gasteiger partial charge < -0.3 is 9.84 Å². The van der Waals surface area contributed by atoms with Gasteiger partial charge >= 0.3 is 5.97 Å². The highest BCUT2D eigenvalue weighted by atomic mass is 32.1. The second-order valence-corrected chi connectivity index (χ2v) is 4.55. The number of thiophene rings is 1. The number of methoxy groups -OCH3 is 1. The Morgan fingerprint density at radius 3 is 2.33 bits per heavy atom. The fraction of sp³-hybridized carbons (Fsp3) is 0.0769. The molecule has 5 heteroatoms. The molecule has 0 fully saturated rings. The highest BCUT2D eigenvalue weighted by molar-refractivity contribution is 7.16. The Balaban J connectivity index is 2.42. The van der Waals surface area contributed by atoms with E-state index in [1.54, 1.807) is 24.3 Å². The number of hydrogen-bond acceptors (Lipinski definition) is 4. The Morgan fingerprint density at radius 2 is 1.78 bits per heavy atom. The lowest BCUT2D eigenvalue weighted by Gasteiger charge is -2.02. The lowest BCUT2D eigenvalue weighted by Crippen LogP contribution is -2.08. The van der Waals surface area contributed by atoms with Crippen molar-refractivity contribution in [3.05, 3.63) is 52.4 Å². The topological polar surface area (TPSA) is 63.6 Å². The average molecular weight is 262 g/mol. The summed E-state index contributed by atoms with van der Waals surface area (Å²) in [5, 5.41) is 9.66. The zero-order chi connectivity index (χ0) is 13.1. The minimum absolute atomic E-state index is 0.00914. The number of ether oxygens (including phenoxy) is 1. The summed E-state index contributed by atoms with van der Waals surface area (Å²) >= 11 is 1.19. The van der Waals surface area contributed by atoms with E-state index >= 15 is 0 Å². The highest BCUT2D eigenvalue weighted by Crippen LogP contribution is 2.26. The van der Waals surface area contributed by atoms with E-state index in [2.05, 4.69) is 0 Å². The monoisotopic (exact) mass is 262 g/mol. The number of rotatable bonds is 4. The lowest BCUT2D eigenvalue weighted by molar-refractivity contribution is 0.0693. The number of benzene rings is 1. The number of hydrogen-bond donors (Lipinski definition) is 1. The summed E-state index contributed by atoms with van der Waals surface area (Å²) in [5.41, 5.74) is 0.198.